The van der Waals surface area contributed by atoms with E-state index in [1.807, 2.05) is 36.7 Å². The van der Waals surface area contributed by atoms with Crippen molar-refractivity contribution in [1.29, 1.82) is 0 Å². The summed E-state index contributed by atoms with van der Waals surface area (Å²) >= 11 is 0. The summed E-state index contributed by atoms with van der Waals surface area (Å²) in [4.78, 5) is 4.33. The molecule has 1 aromatic carbocycles. The summed E-state index contributed by atoms with van der Waals surface area (Å²) in [6, 6.07) is 8.18. The van der Waals surface area contributed by atoms with Gasteiger partial charge in [0, 0.05) is 17.8 Å². The van der Waals surface area contributed by atoms with Crippen molar-refractivity contribution in [3.05, 3.63) is 54.4 Å². The van der Waals surface area contributed by atoms with Gasteiger partial charge in [-0.15, -0.1) is 0 Å². The van der Waals surface area contributed by atoms with Gasteiger partial charge in [0.2, 0.25) is 0 Å². The van der Waals surface area contributed by atoms with Gasteiger partial charge in [-0.25, -0.2) is 0 Å². The summed E-state index contributed by atoms with van der Waals surface area (Å²) in [6.45, 7) is 0. The van der Waals surface area contributed by atoms with E-state index in [4.69, 9.17) is 0 Å². The predicted octanol–water partition coefficient (Wildman–Crippen LogP) is 3.19. The zero-order valence-corrected chi connectivity index (χ0v) is 8.14. The van der Waals surface area contributed by atoms with E-state index >= 15 is 0 Å². The summed E-state index contributed by atoms with van der Waals surface area (Å²) in [6.07, 6.45) is 9.87. The van der Waals surface area contributed by atoms with Crippen molar-refractivity contribution in [3.8, 4) is 0 Å². The number of pyridine rings is 1. The lowest BCUT2D eigenvalue weighted by Crippen LogP contribution is -1.91. The second kappa shape index (κ2) is 3.24. The third kappa shape index (κ3) is 1.31. The van der Waals surface area contributed by atoms with Crippen LogP contribution in [0.25, 0.3) is 17.0 Å². The number of hydrogen-bond donors (Lipinski definition) is 1. The molecule has 2 nitrogen and oxygen atoms in total. The Morgan fingerprint density at radius 3 is 3.07 bits per heavy atom. The first kappa shape index (κ1) is 8.24. The zero-order chi connectivity index (χ0) is 10.1. The molecule has 0 spiro atoms. The number of nitrogens with zero attached hydrogens (tertiary/aromatic N) is 1. The highest BCUT2D eigenvalue weighted by Gasteiger charge is 2.05. The Kier molecular flexibility index (Phi) is 1.78. The maximum absolute atomic E-state index is 4.33. The van der Waals surface area contributed by atoms with E-state index in [9.17, 15) is 0 Å². The fraction of sp³-hybridized carbons (Fsp3) is 0. The fourth-order valence-corrected chi connectivity index (χ4v) is 1.82. The number of rotatable bonds is 0. The highest BCUT2D eigenvalue weighted by Crippen LogP contribution is 2.28. The Labute approximate surface area is 88.0 Å². The molecule has 0 bridgehead atoms. The van der Waals surface area contributed by atoms with Gasteiger partial charge >= 0.3 is 0 Å². The van der Waals surface area contributed by atoms with Gasteiger partial charge in [0.1, 0.15) is 0 Å². The molecular formula is C13H10N2. The average Bonchev–Trinajstić information content (AvgIpc) is 2.54. The largest absolute Gasteiger partial charge is 0.361 e. The summed E-state index contributed by atoms with van der Waals surface area (Å²) < 4.78 is 0. The smallest absolute Gasteiger partial charge is 0.0723 e. The van der Waals surface area contributed by atoms with Crippen LogP contribution in [0.5, 0.6) is 0 Å². The number of nitrogens with one attached hydrogen (secondary N) is 1. The van der Waals surface area contributed by atoms with Crippen LogP contribution in [-0.4, -0.2) is 4.98 Å². The summed E-state index contributed by atoms with van der Waals surface area (Å²) in [5.74, 6) is 0. The SMILES string of the molecule is C1=CNc2c(ccc3ncccc23)C=C1. The molecule has 1 aliphatic rings. The molecule has 0 saturated carbocycles. The first-order valence-corrected chi connectivity index (χ1v) is 4.93. The molecule has 0 unspecified atom stereocenters. The molecule has 72 valence electrons. The molecule has 1 N–H and O–H groups in total. The van der Waals surface area contributed by atoms with E-state index in [1.54, 1.807) is 0 Å². The second-order valence-corrected chi connectivity index (χ2v) is 3.46. The van der Waals surface area contributed by atoms with Gasteiger partial charge in [0.15, 0.2) is 0 Å². The van der Waals surface area contributed by atoms with Crippen LogP contribution < -0.4 is 5.32 Å². The Bertz CT molecular complexity index is 568. The van der Waals surface area contributed by atoms with Crippen LogP contribution >= 0.6 is 0 Å². The third-order valence-electron chi connectivity index (χ3n) is 2.53. The molecule has 15 heavy (non-hydrogen) atoms. The Hall–Kier alpha value is -2.09. The van der Waals surface area contributed by atoms with Gasteiger partial charge in [-0.05, 0) is 29.8 Å². The van der Waals surface area contributed by atoms with Crippen molar-refractivity contribution >= 4 is 22.7 Å². The minimum atomic E-state index is 1.02. The minimum absolute atomic E-state index is 1.02. The topological polar surface area (TPSA) is 24.9 Å². The van der Waals surface area contributed by atoms with Crippen molar-refractivity contribution in [2.24, 2.45) is 0 Å². The lowest BCUT2D eigenvalue weighted by Gasteiger charge is -2.08. The zero-order valence-electron chi connectivity index (χ0n) is 8.14. The highest BCUT2D eigenvalue weighted by atomic mass is 14.8. The average molecular weight is 194 g/mol. The molecule has 1 aromatic heterocycles. The number of hydrogen-bond acceptors (Lipinski definition) is 2. The highest BCUT2D eigenvalue weighted by molar-refractivity contribution is 5.96. The van der Waals surface area contributed by atoms with Gasteiger partial charge in [0.25, 0.3) is 0 Å². The van der Waals surface area contributed by atoms with Crippen molar-refractivity contribution in [3.63, 3.8) is 0 Å². The molecule has 2 aromatic rings. The van der Waals surface area contributed by atoms with Gasteiger partial charge in [-0.3, -0.25) is 4.98 Å². The summed E-state index contributed by atoms with van der Waals surface area (Å²) in [5, 5.41) is 4.44. The first-order valence-electron chi connectivity index (χ1n) is 4.93. The molecule has 0 atom stereocenters. The van der Waals surface area contributed by atoms with E-state index in [1.165, 1.54) is 5.56 Å². The number of benzene rings is 1. The van der Waals surface area contributed by atoms with Crippen LogP contribution in [-0.2, 0) is 0 Å². The van der Waals surface area contributed by atoms with E-state index in [2.05, 4.69) is 28.5 Å². The molecule has 1 aliphatic heterocycles. The van der Waals surface area contributed by atoms with Crippen LogP contribution in [0.1, 0.15) is 5.56 Å². The summed E-state index contributed by atoms with van der Waals surface area (Å²) in [5.41, 5.74) is 3.35. The second-order valence-electron chi connectivity index (χ2n) is 3.46. The quantitative estimate of drug-likeness (QED) is 0.696. The molecule has 0 radical (unpaired) electrons. The molecule has 0 saturated heterocycles. The van der Waals surface area contributed by atoms with E-state index in [-0.39, 0.29) is 0 Å². The molecule has 0 aliphatic carbocycles. The van der Waals surface area contributed by atoms with Crippen LogP contribution in [0.3, 0.4) is 0 Å². The van der Waals surface area contributed by atoms with Gasteiger partial charge in [-0.1, -0.05) is 18.2 Å². The number of allylic oxidation sites excluding steroid dienone is 2. The molecule has 0 amide bonds. The minimum Gasteiger partial charge on any atom is -0.361 e. The van der Waals surface area contributed by atoms with Crippen LogP contribution in [0.15, 0.2) is 48.8 Å². The van der Waals surface area contributed by atoms with Gasteiger partial charge in [-0.2, -0.15) is 0 Å². The number of anilines is 1. The predicted molar refractivity (Wildman–Crippen MR) is 63.5 cm³/mol. The van der Waals surface area contributed by atoms with E-state index < -0.39 is 0 Å². The normalized spacial score (nSPS) is 13.3. The van der Waals surface area contributed by atoms with Crippen molar-refractivity contribution in [2.45, 2.75) is 0 Å². The Balaban J connectivity index is 2.38. The Morgan fingerprint density at radius 2 is 2.07 bits per heavy atom. The summed E-state index contributed by atoms with van der Waals surface area (Å²) in [7, 11) is 0. The van der Waals surface area contributed by atoms with Crippen molar-refractivity contribution in [2.75, 3.05) is 5.32 Å². The van der Waals surface area contributed by atoms with E-state index in [0.29, 0.717) is 0 Å². The van der Waals surface area contributed by atoms with Crippen LogP contribution in [0, 0.1) is 0 Å². The first-order chi connectivity index (χ1) is 7.45. The van der Waals surface area contributed by atoms with Crippen LogP contribution in [0.4, 0.5) is 5.69 Å². The van der Waals surface area contributed by atoms with Crippen molar-refractivity contribution < 1.29 is 0 Å². The standard InChI is InChI=1S/C13H10N2/c1-2-8-15-13-10(4-1)6-7-12-11(13)5-3-9-14-12/h1-9,15H. The number of fused-ring (bicyclic) bond motifs is 3. The van der Waals surface area contributed by atoms with E-state index in [0.717, 1.165) is 16.6 Å². The number of aromatic nitrogens is 1. The third-order valence-corrected chi connectivity index (χ3v) is 2.53. The maximum atomic E-state index is 4.33. The van der Waals surface area contributed by atoms with Crippen molar-refractivity contribution in [1.82, 2.24) is 4.98 Å². The maximum Gasteiger partial charge on any atom is 0.0723 e. The lowest BCUT2D eigenvalue weighted by atomic mass is 10.1. The molecule has 2 heterocycles. The molecular weight excluding hydrogens is 184 g/mol. The monoisotopic (exact) mass is 194 g/mol. The van der Waals surface area contributed by atoms with Crippen LogP contribution in [0.2, 0.25) is 0 Å². The molecule has 3 rings (SSSR count). The fourth-order valence-electron chi connectivity index (χ4n) is 1.82. The lowest BCUT2D eigenvalue weighted by molar-refractivity contribution is 1.41. The molecule has 0 fully saturated rings. The van der Waals surface area contributed by atoms with Gasteiger partial charge < -0.3 is 5.32 Å². The molecule has 2 heteroatoms. The van der Waals surface area contributed by atoms with Gasteiger partial charge in [0.05, 0.1) is 11.2 Å². The Morgan fingerprint density at radius 1 is 1.07 bits per heavy atom.